The van der Waals surface area contributed by atoms with Crippen molar-refractivity contribution in [2.45, 2.75) is 17.8 Å². The van der Waals surface area contributed by atoms with Crippen LogP contribution in [0, 0.1) is 6.92 Å². The predicted octanol–water partition coefficient (Wildman–Crippen LogP) is 1.34. The Morgan fingerprint density at radius 3 is 2.69 bits per heavy atom. The monoisotopic (exact) mass is 237 g/mol. The Morgan fingerprint density at radius 1 is 1.44 bits per heavy atom. The molecule has 2 aromatic rings. The summed E-state index contributed by atoms with van der Waals surface area (Å²) in [5.41, 5.74) is 8.02. The number of aromatic nitrogens is 4. The zero-order valence-electron chi connectivity index (χ0n) is 9.64. The molecular formula is C10H15N5S. The highest BCUT2D eigenvalue weighted by Gasteiger charge is 2.11. The Kier molecular flexibility index (Phi) is 2.91. The molecule has 0 unspecified atom stereocenters. The number of aryl methyl sites for hydroxylation is 3. The Labute approximate surface area is 98.7 Å². The van der Waals surface area contributed by atoms with Gasteiger partial charge in [-0.25, -0.2) is 4.98 Å². The van der Waals surface area contributed by atoms with E-state index in [9.17, 15) is 0 Å². The van der Waals surface area contributed by atoms with Crippen LogP contribution in [-0.2, 0) is 19.8 Å². The van der Waals surface area contributed by atoms with Crippen molar-refractivity contribution in [2.24, 2.45) is 14.1 Å². The van der Waals surface area contributed by atoms with Gasteiger partial charge in [-0.05, 0) is 6.92 Å². The highest BCUT2D eigenvalue weighted by atomic mass is 32.2. The molecule has 0 saturated heterocycles. The zero-order valence-corrected chi connectivity index (χ0v) is 10.5. The van der Waals surface area contributed by atoms with E-state index in [2.05, 4.69) is 10.1 Å². The number of hydrogen-bond acceptors (Lipinski definition) is 4. The number of imidazole rings is 1. The van der Waals surface area contributed by atoms with Crippen LogP contribution in [0.15, 0.2) is 17.6 Å². The molecule has 0 aliphatic carbocycles. The fourth-order valence-electron chi connectivity index (χ4n) is 1.53. The molecule has 2 rings (SSSR count). The van der Waals surface area contributed by atoms with Crippen LogP contribution >= 0.6 is 11.8 Å². The summed E-state index contributed by atoms with van der Waals surface area (Å²) in [6.07, 6.45) is 3.73. The molecule has 0 aromatic carbocycles. The van der Waals surface area contributed by atoms with Gasteiger partial charge in [-0.15, -0.1) is 0 Å². The van der Waals surface area contributed by atoms with E-state index in [-0.39, 0.29) is 0 Å². The van der Waals surface area contributed by atoms with E-state index in [4.69, 9.17) is 5.73 Å². The quantitative estimate of drug-likeness (QED) is 0.818. The van der Waals surface area contributed by atoms with Crippen LogP contribution in [-0.4, -0.2) is 19.3 Å². The second kappa shape index (κ2) is 4.21. The van der Waals surface area contributed by atoms with E-state index >= 15 is 0 Å². The minimum atomic E-state index is 0.735. The average molecular weight is 237 g/mol. The molecule has 0 saturated carbocycles. The molecule has 0 aliphatic rings. The first-order chi connectivity index (χ1) is 7.59. The van der Waals surface area contributed by atoms with Crippen molar-refractivity contribution in [3.63, 3.8) is 0 Å². The van der Waals surface area contributed by atoms with E-state index in [1.54, 1.807) is 22.6 Å². The molecule has 0 atom stereocenters. The Bertz CT molecular complexity index is 499. The summed E-state index contributed by atoms with van der Waals surface area (Å²) in [6, 6.07) is 0. The Balaban J connectivity index is 2.13. The lowest BCUT2D eigenvalue weighted by Gasteiger charge is -2.02. The summed E-state index contributed by atoms with van der Waals surface area (Å²) in [5.74, 6) is 1.54. The van der Waals surface area contributed by atoms with Gasteiger partial charge in [-0.1, -0.05) is 11.8 Å². The van der Waals surface area contributed by atoms with Crippen molar-refractivity contribution < 1.29 is 0 Å². The van der Waals surface area contributed by atoms with Crippen LogP contribution < -0.4 is 5.73 Å². The normalized spacial score (nSPS) is 10.9. The minimum absolute atomic E-state index is 0.735. The lowest BCUT2D eigenvalue weighted by Crippen LogP contribution is -1.99. The number of anilines is 1. The van der Waals surface area contributed by atoms with E-state index < -0.39 is 0 Å². The van der Waals surface area contributed by atoms with Crippen molar-refractivity contribution in [3.8, 4) is 0 Å². The largest absolute Gasteiger partial charge is 0.384 e. The summed E-state index contributed by atoms with van der Waals surface area (Å²) >= 11 is 1.67. The summed E-state index contributed by atoms with van der Waals surface area (Å²) in [4.78, 5) is 4.25. The molecule has 5 nitrogen and oxygen atoms in total. The Hall–Kier alpha value is -1.43. The fourth-order valence-corrected chi connectivity index (χ4v) is 2.56. The lowest BCUT2D eigenvalue weighted by molar-refractivity contribution is 0.767. The third kappa shape index (κ3) is 1.92. The van der Waals surface area contributed by atoms with Crippen LogP contribution in [0.25, 0.3) is 0 Å². The maximum atomic E-state index is 5.94. The predicted molar refractivity (Wildman–Crippen MR) is 65.1 cm³/mol. The second-order valence-electron chi connectivity index (χ2n) is 3.68. The van der Waals surface area contributed by atoms with Crippen LogP contribution in [0.4, 0.5) is 5.82 Å². The number of thioether (sulfide) groups is 1. The third-order valence-electron chi connectivity index (χ3n) is 2.52. The molecule has 2 aromatic heterocycles. The molecule has 6 heteroatoms. The van der Waals surface area contributed by atoms with Crippen molar-refractivity contribution in [1.29, 1.82) is 0 Å². The molecule has 0 spiro atoms. The molecule has 2 heterocycles. The molecule has 2 N–H and O–H groups in total. The first-order valence-electron chi connectivity index (χ1n) is 4.97. The topological polar surface area (TPSA) is 61.7 Å². The summed E-state index contributed by atoms with van der Waals surface area (Å²) in [5, 5.41) is 5.27. The standard InChI is InChI=1S/C10H15N5S/c1-7-8(9(11)15(3)13-7)6-16-10-12-4-5-14(10)2/h4-5H,6,11H2,1-3H3. The smallest absolute Gasteiger partial charge is 0.167 e. The van der Waals surface area contributed by atoms with Crippen molar-refractivity contribution >= 4 is 17.6 Å². The van der Waals surface area contributed by atoms with Crippen LogP contribution in [0.3, 0.4) is 0 Å². The summed E-state index contributed by atoms with van der Waals surface area (Å²) in [6.45, 7) is 1.98. The van der Waals surface area contributed by atoms with E-state index in [1.165, 1.54) is 0 Å². The fraction of sp³-hybridized carbons (Fsp3) is 0.400. The first kappa shape index (κ1) is 11.1. The maximum absolute atomic E-state index is 5.94. The van der Waals surface area contributed by atoms with Crippen LogP contribution in [0.2, 0.25) is 0 Å². The van der Waals surface area contributed by atoms with Gasteiger partial charge in [0.2, 0.25) is 0 Å². The number of nitrogens with zero attached hydrogens (tertiary/aromatic N) is 4. The SMILES string of the molecule is Cc1nn(C)c(N)c1CSc1nccn1C. The summed E-state index contributed by atoms with van der Waals surface area (Å²) in [7, 11) is 3.84. The lowest BCUT2D eigenvalue weighted by atomic mass is 10.3. The highest BCUT2D eigenvalue weighted by Crippen LogP contribution is 2.25. The molecule has 0 aliphatic heterocycles. The van der Waals surface area contributed by atoms with Gasteiger partial charge in [0.15, 0.2) is 5.16 Å². The van der Waals surface area contributed by atoms with Gasteiger partial charge >= 0.3 is 0 Å². The number of nitrogens with two attached hydrogens (primary N) is 1. The number of nitrogen functional groups attached to an aromatic ring is 1. The molecule has 0 fully saturated rings. The molecule has 0 amide bonds. The van der Waals surface area contributed by atoms with E-state index in [0.717, 1.165) is 28.0 Å². The van der Waals surface area contributed by atoms with E-state index in [0.29, 0.717) is 0 Å². The summed E-state index contributed by atoms with van der Waals surface area (Å²) < 4.78 is 3.70. The highest BCUT2D eigenvalue weighted by molar-refractivity contribution is 7.98. The van der Waals surface area contributed by atoms with Gasteiger partial charge in [0.25, 0.3) is 0 Å². The van der Waals surface area contributed by atoms with Crippen molar-refractivity contribution in [3.05, 3.63) is 23.7 Å². The molecule has 16 heavy (non-hydrogen) atoms. The molecule has 0 bridgehead atoms. The average Bonchev–Trinajstić information content (AvgIpc) is 2.72. The third-order valence-corrected chi connectivity index (χ3v) is 3.60. The molecular weight excluding hydrogens is 222 g/mol. The van der Waals surface area contributed by atoms with Gasteiger partial charge in [0.05, 0.1) is 5.69 Å². The maximum Gasteiger partial charge on any atom is 0.167 e. The number of hydrogen-bond donors (Lipinski definition) is 1. The van der Waals surface area contributed by atoms with Crippen LogP contribution in [0.1, 0.15) is 11.3 Å². The van der Waals surface area contributed by atoms with Crippen LogP contribution in [0.5, 0.6) is 0 Å². The van der Waals surface area contributed by atoms with Gasteiger partial charge in [0, 0.05) is 37.8 Å². The van der Waals surface area contributed by atoms with Gasteiger partial charge in [-0.2, -0.15) is 5.10 Å². The van der Waals surface area contributed by atoms with E-state index in [1.807, 2.05) is 31.8 Å². The molecule has 0 radical (unpaired) electrons. The van der Waals surface area contributed by atoms with Gasteiger partial charge in [-0.3, -0.25) is 4.68 Å². The minimum Gasteiger partial charge on any atom is -0.384 e. The zero-order chi connectivity index (χ0) is 11.7. The van der Waals surface area contributed by atoms with Gasteiger partial charge in [0.1, 0.15) is 5.82 Å². The number of rotatable bonds is 3. The van der Waals surface area contributed by atoms with Gasteiger partial charge < -0.3 is 10.3 Å². The second-order valence-corrected chi connectivity index (χ2v) is 4.62. The Morgan fingerprint density at radius 2 is 2.19 bits per heavy atom. The first-order valence-corrected chi connectivity index (χ1v) is 5.96. The molecule has 86 valence electrons. The van der Waals surface area contributed by atoms with Crippen molar-refractivity contribution in [1.82, 2.24) is 19.3 Å². The van der Waals surface area contributed by atoms with Crippen molar-refractivity contribution in [2.75, 3.05) is 5.73 Å².